The van der Waals surface area contributed by atoms with Crippen LogP contribution in [-0.2, 0) is 0 Å². The number of aromatic nitrogens is 3. The van der Waals surface area contributed by atoms with Gasteiger partial charge in [-0.2, -0.15) is 0 Å². The Labute approximate surface area is 184 Å². The lowest BCUT2D eigenvalue weighted by atomic mass is 10.2. The number of pyridine rings is 1. The van der Waals surface area contributed by atoms with E-state index >= 15 is 0 Å². The van der Waals surface area contributed by atoms with E-state index < -0.39 is 6.17 Å². The Bertz CT molecular complexity index is 1190. The molecule has 8 nitrogen and oxygen atoms in total. The topological polar surface area (TPSA) is 78.7 Å². The van der Waals surface area contributed by atoms with Crippen LogP contribution in [0, 0.1) is 6.92 Å². The largest absolute Gasteiger partial charge is 0.368 e. The van der Waals surface area contributed by atoms with Gasteiger partial charge in [-0.1, -0.05) is 23.7 Å². The Morgan fingerprint density at radius 3 is 2.61 bits per heavy atom. The third-order valence-corrected chi connectivity index (χ3v) is 5.76. The number of hydrogen-bond donors (Lipinski definition) is 1. The summed E-state index contributed by atoms with van der Waals surface area (Å²) in [5.74, 6) is 1.22. The second kappa shape index (κ2) is 8.03. The van der Waals surface area contributed by atoms with Gasteiger partial charge in [-0.3, -0.25) is 19.7 Å². The Kier molecular flexibility index (Phi) is 5.07. The van der Waals surface area contributed by atoms with Gasteiger partial charge in [-0.25, -0.2) is 9.98 Å². The average molecular weight is 436 g/mol. The van der Waals surface area contributed by atoms with Crippen molar-refractivity contribution >= 4 is 29.2 Å². The normalized spacial score (nSPS) is 18.3. The molecule has 9 heteroatoms. The van der Waals surface area contributed by atoms with Gasteiger partial charge in [0.2, 0.25) is 11.9 Å². The molecule has 2 aromatic heterocycles. The molecule has 31 heavy (non-hydrogen) atoms. The van der Waals surface area contributed by atoms with E-state index in [0.717, 1.165) is 48.4 Å². The van der Waals surface area contributed by atoms with Crippen molar-refractivity contribution in [2.75, 3.05) is 36.4 Å². The maximum absolute atomic E-state index is 12.7. The molecule has 1 unspecified atom stereocenters. The first-order valence-electron chi connectivity index (χ1n) is 10.2. The zero-order valence-electron chi connectivity index (χ0n) is 17.1. The fraction of sp³-hybridized carbons (Fsp3) is 0.273. The van der Waals surface area contributed by atoms with Crippen LogP contribution in [0.25, 0.3) is 0 Å². The van der Waals surface area contributed by atoms with E-state index in [4.69, 9.17) is 16.6 Å². The SMILES string of the molecule is Cc1cc(=O)n2c(n1)NC(N1CCN(c3cccc(Cl)c3)CC1)=NC2c1cccnc1. The number of benzene rings is 1. The number of halogens is 1. The predicted molar refractivity (Wildman–Crippen MR) is 122 cm³/mol. The molecule has 1 atom stereocenters. The van der Waals surface area contributed by atoms with Gasteiger partial charge in [-0.15, -0.1) is 0 Å². The van der Waals surface area contributed by atoms with Crippen LogP contribution in [0.4, 0.5) is 11.6 Å². The van der Waals surface area contributed by atoms with Gasteiger partial charge in [0.05, 0.1) is 0 Å². The third kappa shape index (κ3) is 3.86. The molecule has 0 spiro atoms. The van der Waals surface area contributed by atoms with Crippen LogP contribution in [0.1, 0.15) is 17.4 Å². The van der Waals surface area contributed by atoms with Crippen LogP contribution in [0.2, 0.25) is 5.02 Å². The van der Waals surface area contributed by atoms with Crippen molar-refractivity contribution in [1.29, 1.82) is 0 Å². The molecule has 1 N–H and O–H groups in total. The standard InChI is InChI=1S/C22H22ClN7O/c1-15-12-19(31)30-20(16-4-3-7-24-14-16)26-21(27-22(30)25-15)29-10-8-28(9-11-29)18-6-2-5-17(23)13-18/h2-7,12-14,20H,8-11H2,1H3,(H,25,26,27). The molecule has 0 bridgehead atoms. The summed E-state index contributed by atoms with van der Waals surface area (Å²) in [6.45, 7) is 5.07. The lowest BCUT2D eigenvalue weighted by Gasteiger charge is -2.39. The molecule has 0 aliphatic carbocycles. The Morgan fingerprint density at radius 1 is 1.06 bits per heavy atom. The summed E-state index contributed by atoms with van der Waals surface area (Å²) in [6.07, 6.45) is 2.94. The zero-order valence-corrected chi connectivity index (χ0v) is 17.8. The molecule has 0 amide bonds. The summed E-state index contributed by atoms with van der Waals surface area (Å²) in [6, 6.07) is 13.2. The number of anilines is 2. The number of aryl methyl sites for hydroxylation is 1. The average Bonchev–Trinajstić information content (AvgIpc) is 2.79. The highest BCUT2D eigenvalue weighted by Crippen LogP contribution is 2.26. The van der Waals surface area contributed by atoms with Crippen molar-refractivity contribution in [2.24, 2.45) is 4.99 Å². The number of piperazine rings is 1. The van der Waals surface area contributed by atoms with Crippen molar-refractivity contribution in [3.8, 4) is 0 Å². The lowest BCUT2D eigenvalue weighted by molar-refractivity contribution is 0.376. The van der Waals surface area contributed by atoms with E-state index in [0.29, 0.717) is 11.6 Å². The molecule has 0 radical (unpaired) electrons. The van der Waals surface area contributed by atoms with Crippen LogP contribution in [0.5, 0.6) is 0 Å². The number of hydrogen-bond acceptors (Lipinski definition) is 7. The maximum Gasteiger partial charge on any atom is 0.257 e. The Morgan fingerprint density at radius 2 is 1.87 bits per heavy atom. The van der Waals surface area contributed by atoms with Gasteiger partial charge in [0.1, 0.15) is 0 Å². The van der Waals surface area contributed by atoms with E-state index in [2.05, 4.69) is 31.2 Å². The van der Waals surface area contributed by atoms with Crippen LogP contribution in [-0.4, -0.2) is 51.6 Å². The molecular formula is C22H22ClN7O. The highest BCUT2D eigenvalue weighted by molar-refractivity contribution is 6.30. The second-order valence-corrected chi connectivity index (χ2v) is 8.06. The predicted octanol–water partition coefficient (Wildman–Crippen LogP) is 2.75. The Hall–Kier alpha value is -3.39. The molecule has 0 saturated carbocycles. The van der Waals surface area contributed by atoms with E-state index in [9.17, 15) is 4.79 Å². The van der Waals surface area contributed by atoms with Crippen LogP contribution >= 0.6 is 11.6 Å². The van der Waals surface area contributed by atoms with E-state index in [1.165, 1.54) is 6.07 Å². The molecule has 4 heterocycles. The number of rotatable bonds is 2. The molecular weight excluding hydrogens is 414 g/mol. The van der Waals surface area contributed by atoms with Gasteiger partial charge < -0.3 is 9.80 Å². The summed E-state index contributed by atoms with van der Waals surface area (Å²) >= 11 is 6.16. The number of aliphatic imine (C=N–C) groups is 1. The first-order valence-corrected chi connectivity index (χ1v) is 10.6. The van der Waals surface area contributed by atoms with Crippen LogP contribution in [0.15, 0.2) is 64.6 Å². The molecule has 3 aromatic rings. The minimum Gasteiger partial charge on any atom is -0.368 e. The van der Waals surface area contributed by atoms with Crippen molar-refractivity contribution in [1.82, 2.24) is 19.4 Å². The molecule has 5 rings (SSSR count). The minimum absolute atomic E-state index is 0.141. The number of nitrogens with zero attached hydrogens (tertiary/aromatic N) is 6. The number of fused-ring (bicyclic) bond motifs is 1. The highest BCUT2D eigenvalue weighted by Gasteiger charge is 2.29. The summed E-state index contributed by atoms with van der Waals surface area (Å²) in [5.41, 5.74) is 2.49. The fourth-order valence-corrected chi connectivity index (χ4v) is 4.18. The highest BCUT2D eigenvalue weighted by atomic mass is 35.5. The summed E-state index contributed by atoms with van der Waals surface area (Å²) in [7, 11) is 0. The van der Waals surface area contributed by atoms with Crippen molar-refractivity contribution in [3.05, 3.63) is 81.5 Å². The number of guanidine groups is 1. The summed E-state index contributed by atoms with van der Waals surface area (Å²) in [4.78, 5) is 30.9. The first kappa shape index (κ1) is 19.6. The molecule has 158 valence electrons. The first-order chi connectivity index (χ1) is 15.1. The second-order valence-electron chi connectivity index (χ2n) is 7.62. The number of nitrogens with one attached hydrogen (secondary N) is 1. The van der Waals surface area contributed by atoms with Crippen LogP contribution in [0.3, 0.4) is 0 Å². The zero-order chi connectivity index (χ0) is 21.4. The quantitative estimate of drug-likeness (QED) is 0.666. The lowest BCUT2D eigenvalue weighted by Crippen LogP contribution is -2.52. The van der Waals surface area contributed by atoms with E-state index in [1.807, 2.05) is 37.3 Å². The van der Waals surface area contributed by atoms with Crippen LogP contribution < -0.4 is 15.8 Å². The summed E-state index contributed by atoms with van der Waals surface area (Å²) < 4.78 is 1.58. The third-order valence-electron chi connectivity index (χ3n) is 5.53. The van der Waals surface area contributed by atoms with Crippen molar-refractivity contribution < 1.29 is 0 Å². The smallest absolute Gasteiger partial charge is 0.257 e. The molecule has 1 fully saturated rings. The van der Waals surface area contributed by atoms with E-state index in [-0.39, 0.29) is 5.56 Å². The molecule has 2 aliphatic rings. The van der Waals surface area contributed by atoms with Crippen molar-refractivity contribution in [2.45, 2.75) is 13.1 Å². The van der Waals surface area contributed by atoms with Gasteiger partial charge in [0, 0.05) is 66.6 Å². The molecule has 1 saturated heterocycles. The molecule has 2 aliphatic heterocycles. The Balaban J connectivity index is 1.43. The monoisotopic (exact) mass is 435 g/mol. The maximum atomic E-state index is 12.7. The minimum atomic E-state index is -0.508. The van der Waals surface area contributed by atoms with E-state index in [1.54, 1.807) is 17.0 Å². The van der Waals surface area contributed by atoms with Crippen molar-refractivity contribution in [3.63, 3.8) is 0 Å². The fourth-order valence-electron chi connectivity index (χ4n) is 4.00. The van der Waals surface area contributed by atoms with Gasteiger partial charge in [-0.05, 0) is 31.2 Å². The summed E-state index contributed by atoms with van der Waals surface area (Å²) in [5, 5.41) is 4.02. The van der Waals surface area contributed by atoms with Gasteiger partial charge in [0.15, 0.2) is 6.17 Å². The molecule has 1 aromatic carbocycles. The van der Waals surface area contributed by atoms with Gasteiger partial charge in [0.25, 0.3) is 5.56 Å². The van der Waals surface area contributed by atoms with Gasteiger partial charge >= 0.3 is 0 Å².